The zero-order valence-electron chi connectivity index (χ0n) is 17.5. The van der Waals surface area contributed by atoms with E-state index in [0.717, 1.165) is 0 Å². The monoisotopic (exact) mass is 490 g/mol. The highest BCUT2D eigenvalue weighted by molar-refractivity contribution is 9.10. The number of nitrogens with zero attached hydrogens (tertiary/aromatic N) is 1. The summed E-state index contributed by atoms with van der Waals surface area (Å²) in [6, 6.07) is 4.35. The standard InChI is InChI=1S/C21H26BrF3N2O3/c1-18(2,3)30-17(28)26-16-27-19(4,14-11-13(22)5-6-15(14)23)12-20(29-16)7-9-21(24,25)10-8-20/h5-6,11H,7-10,12H2,1-4H3,(H,26,27,28)/t19-/m0/s1. The number of benzene rings is 1. The third-order valence-corrected chi connectivity index (χ3v) is 5.83. The van der Waals surface area contributed by atoms with Crippen LogP contribution in [0.4, 0.5) is 18.0 Å². The SMILES string of the molecule is CC(C)(C)OC(=O)NC1=N[C@](C)(c2cc(Br)ccc2F)CC2(CCC(F)(F)CC2)O1. The van der Waals surface area contributed by atoms with Crippen LogP contribution in [-0.2, 0) is 15.0 Å². The summed E-state index contributed by atoms with van der Waals surface area (Å²) in [4.78, 5) is 16.8. The van der Waals surface area contributed by atoms with Crippen LogP contribution in [-0.4, -0.2) is 29.2 Å². The van der Waals surface area contributed by atoms with Gasteiger partial charge < -0.3 is 9.47 Å². The lowest BCUT2D eigenvalue weighted by Gasteiger charge is -2.47. The van der Waals surface area contributed by atoms with Crippen molar-refractivity contribution in [3.05, 3.63) is 34.1 Å². The van der Waals surface area contributed by atoms with E-state index in [4.69, 9.17) is 9.47 Å². The van der Waals surface area contributed by atoms with Gasteiger partial charge in [-0.25, -0.2) is 28.3 Å². The number of nitrogens with one attached hydrogen (secondary N) is 1. The third-order valence-electron chi connectivity index (χ3n) is 5.34. The molecule has 0 aromatic heterocycles. The summed E-state index contributed by atoms with van der Waals surface area (Å²) in [5, 5.41) is 2.47. The van der Waals surface area contributed by atoms with Crippen molar-refractivity contribution in [2.45, 2.75) is 82.5 Å². The van der Waals surface area contributed by atoms with E-state index in [1.807, 2.05) is 0 Å². The number of carbonyl (C=O) groups is 1. The van der Waals surface area contributed by atoms with Crippen LogP contribution in [0.1, 0.15) is 65.4 Å². The first-order valence-electron chi connectivity index (χ1n) is 9.83. The zero-order chi connectivity index (χ0) is 22.4. The summed E-state index contributed by atoms with van der Waals surface area (Å²) in [5.41, 5.74) is -2.57. The maximum atomic E-state index is 14.7. The van der Waals surface area contributed by atoms with Crippen LogP contribution < -0.4 is 5.32 Å². The average Bonchev–Trinajstić information content (AvgIpc) is 2.58. The molecule has 1 aromatic carbocycles. The topological polar surface area (TPSA) is 59.9 Å². The first-order valence-corrected chi connectivity index (χ1v) is 10.6. The van der Waals surface area contributed by atoms with E-state index < -0.39 is 34.6 Å². The quantitative estimate of drug-likeness (QED) is 0.520. The molecule has 5 nitrogen and oxygen atoms in total. The summed E-state index contributed by atoms with van der Waals surface area (Å²) in [6.07, 6.45) is -1.12. The number of aliphatic imine (C=N–C) groups is 1. The second-order valence-electron chi connectivity index (χ2n) is 9.26. The van der Waals surface area contributed by atoms with Crippen molar-refractivity contribution < 1.29 is 27.4 Å². The molecular formula is C21H26BrF3N2O3. The molecule has 30 heavy (non-hydrogen) atoms. The smallest absolute Gasteiger partial charge is 0.415 e. The number of amidine groups is 1. The fraction of sp³-hybridized carbons (Fsp3) is 0.619. The van der Waals surface area contributed by atoms with Crippen molar-refractivity contribution in [2.24, 2.45) is 4.99 Å². The largest absolute Gasteiger partial charge is 0.458 e. The van der Waals surface area contributed by atoms with Gasteiger partial charge in [-0.15, -0.1) is 0 Å². The van der Waals surface area contributed by atoms with Gasteiger partial charge in [0, 0.05) is 29.3 Å². The summed E-state index contributed by atoms with van der Waals surface area (Å²) in [7, 11) is 0. The van der Waals surface area contributed by atoms with Crippen molar-refractivity contribution in [2.75, 3.05) is 0 Å². The lowest BCUT2D eigenvalue weighted by Crippen LogP contribution is -2.53. The Morgan fingerprint density at radius 2 is 1.87 bits per heavy atom. The lowest BCUT2D eigenvalue weighted by molar-refractivity contribution is -0.113. The number of hydrogen-bond donors (Lipinski definition) is 1. The molecule has 3 rings (SSSR count). The number of amides is 1. The van der Waals surface area contributed by atoms with Gasteiger partial charge in [-0.3, -0.25) is 0 Å². The fourth-order valence-electron chi connectivity index (χ4n) is 4.02. The molecule has 1 amide bonds. The maximum Gasteiger partial charge on any atom is 0.415 e. The van der Waals surface area contributed by atoms with E-state index in [1.54, 1.807) is 39.8 Å². The molecule has 1 N–H and O–H groups in total. The summed E-state index contributed by atoms with van der Waals surface area (Å²) in [6.45, 7) is 6.84. The van der Waals surface area contributed by atoms with E-state index >= 15 is 0 Å². The molecule has 1 atom stereocenters. The van der Waals surface area contributed by atoms with E-state index in [2.05, 4.69) is 26.2 Å². The minimum atomic E-state index is -2.76. The Balaban J connectivity index is 1.97. The molecule has 1 saturated carbocycles. The highest BCUT2D eigenvalue weighted by Gasteiger charge is 2.52. The molecule has 9 heteroatoms. The van der Waals surface area contributed by atoms with Crippen molar-refractivity contribution in [1.82, 2.24) is 5.32 Å². The normalized spacial score (nSPS) is 25.3. The number of hydrogen-bond acceptors (Lipinski definition) is 4. The summed E-state index contributed by atoms with van der Waals surface area (Å²) >= 11 is 3.34. The second kappa shape index (κ2) is 7.73. The van der Waals surface area contributed by atoms with Crippen LogP contribution in [0.25, 0.3) is 0 Å². The van der Waals surface area contributed by atoms with Crippen molar-refractivity contribution in [1.29, 1.82) is 0 Å². The molecule has 1 fully saturated rings. The second-order valence-corrected chi connectivity index (χ2v) is 10.2. The van der Waals surface area contributed by atoms with Crippen LogP contribution >= 0.6 is 15.9 Å². The summed E-state index contributed by atoms with van der Waals surface area (Å²) < 4.78 is 54.2. The molecule has 0 radical (unpaired) electrons. The van der Waals surface area contributed by atoms with E-state index in [-0.39, 0.29) is 38.1 Å². The molecule has 1 heterocycles. The Labute approximate surface area is 182 Å². The highest BCUT2D eigenvalue weighted by Crippen LogP contribution is 2.49. The molecule has 2 aliphatic rings. The predicted octanol–water partition coefficient (Wildman–Crippen LogP) is 6.05. The lowest BCUT2D eigenvalue weighted by atomic mass is 9.72. The van der Waals surface area contributed by atoms with Gasteiger partial charge in [0.1, 0.15) is 17.0 Å². The Kier molecular flexibility index (Phi) is 5.90. The Morgan fingerprint density at radius 1 is 1.23 bits per heavy atom. The third kappa shape index (κ3) is 5.28. The van der Waals surface area contributed by atoms with Gasteiger partial charge in [-0.05, 0) is 58.7 Å². The van der Waals surface area contributed by atoms with Crippen LogP contribution in [0.3, 0.4) is 0 Å². The maximum absolute atomic E-state index is 14.7. The predicted molar refractivity (Wildman–Crippen MR) is 110 cm³/mol. The van der Waals surface area contributed by atoms with Gasteiger partial charge in [-0.1, -0.05) is 15.9 Å². The molecule has 0 unspecified atom stereocenters. The van der Waals surface area contributed by atoms with Gasteiger partial charge in [0.05, 0.1) is 5.54 Å². The molecule has 0 bridgehead atoms. The number of alkyl carbamates (subject to hydrolysis) is 1. The molecule has 1 spiro atoms. The Morgan fingerprint density at radius 3 is 2.47 bits per heavy atom. The Bertz CT molecular complexity index is 860. The van der Waals surface area contributed by atoms with Crippen molar-refractivity contribution in [3.63, 3.8) is 0 Å². The highest BCUT2D eigenvalue weighted by atomic mass is 79.9. The average molecular weight is 491 g/mol. The molecular weight excluding hydrogens is 465 g/mol. The molecule has 1 aliphatic carbocycles. The van der Waals surface area contributed by atoms with Gasteiger partial charge in [0.15, 0.2) is 0 Å². The van der Waals surface area contributed by atoms with E-state index in [1.165, 1.54) is 6.07 Å². The number of halogens is 4. The van der Waals surface area contributed by atoms with Crippen molar-refractivity contribution in [3.8, 4) is 0 Å². The van der Waals surface area contributed by atoms with Gasteiger partial charge >= 0.3 is 6.09 Å². The van der Waals surface area contributed by atoms with Crippen LogP contribution in [0.2, 0.25) is 0 Å². The molecule has 0 saturated heterocycles. The molecule has 1 aromatic rings. The van der Waals surface area contributed by atoms with Gasteiger partial charge in [0.2, 0.25) is 5.92 Å². The summed E-state index contributed by atoms with van der Waals surface area (Å²) in [5.74, 6) is -3.24. The van der Waals surface area contributed by atoms with Gasteiger partial charge in [0.25, 0.3) is 6.02 Å². The van der Waals surface area contributed by atoms with E-state index in [9.17, 15) is 18.0 Å². The van der Waals surface area contributed by atoms with E-state index in [0.29, 0.717) is 10.0 Å². The van der Waals surface area contributed by atoms with Gasteiger partial charge in [-0.2, -0.15) is 0 Å². The zero-order valence-corrected chi connectivity index (χ0v) is 19.0. The number of ether oxygens (including phenoxy) is 2. The van der Waals surface area contributed by atoms with Crippen molar-refractivity contribution >= 4 is 28.0 Å². The van der Waals surface area contributed by atoms with Crippen LogP contribution in [0.15, 0.2) is 27.7 Å². The van der Waals surface area contributed by atoms with Crippen LogP contribution in [0.5, 0.6) is 0 Å². The molecule has 166 valence electrons. The number of rotatable bonds is 1. The first kappa shape index (κ1) is 22.9. The minimum Gasteiger partial charge on any atom is -0.458 e. The number of carbonyl (C=O) groups excluding carboxylic acids is 1. The first-order chi connectivity index (χ1) is 13.7. The Hall–Kier alpha value is -1.77. The fourth-order valence-corrected chi connectivity index (χ4v) is 4.38. The number of alkyl halides is 2. The molecule has 1 aliphatic heterocycles. The minimum absolute atomic E-state index is 0.0697. The van der Waals surface area contributed by atoms with Crippen LogP contribution in [0, 0.1) is 5.82 Å².